The second kappa shape index (κ2) is 12.4. The van der Waals surface area contributed by atoms with Crippen LogP contribution in [0.4, 0.5) is 0 Å². The third kappa shape index (κ3) is 9.82. The normalized spacial score (nSPS) is 14.7. The van der Waals surface area contributed by atoms with Crippen molar-refractivity contribution in [3.63, 3.8) is 0 Å². The number of carbonyl (C=O) groups is 6. The molecule has 9 N–H and O–H groups in total. The lowest BCUT2D eigenvalue weighted by Gasteiger charge is -2.24. The second-order valence-electron chi connectivity index (χ2n) is 7.06. The van der Waals surface area contributed by atoms with Gasteiger partial charge in [-0.05, 0) is 19.3 Å². The van der Waals surface area contributed by atoms with Gasteiger partial charge in [0.15, 0.2) is 0 Å². The maximum Gasteiger partial charge on any atom is 0.325 e. The average Bonchev–Trinajstić information content (AvgIpc) is 2.62. The Hall–Kier alpha value is -3.22. The van der Waals surface area contributed by atoms with Gasteiger partial charge in [0, 0.05) is 6.42 Å². The first-order chi connectivity index (χ1) is 13.8. The Morgan fingerprint density at radius 1 is 0.833 bits per heavy atom. The number of carboxylic acid groups (broad SMARTS) is 2. The number of rotatable bonds is 13. The Morgan fingerprint density at radius 3 is 1.77 bits per heavy atom. The number of hydrogen-bond donors (Lipinski definition) is 7. The summed E-state index contributed by atoms with van der Waals surface area (Å²) in [5.41, 5.74) is 10.8. The van der Waals surface area contributed by atoms with Crippen molar-refractivity contribution in [2.75, 3.05) is 0 Å². The lowest BCUT2D eigenvalue weighted by molar-refractivity contribution is -0.142. The molecule has 170 valence electrons. The van der Waals surface area contributed by atoms with Gasteiger partial charge < -0.3 is 37.6 Å². The zero-order valence-corrected chi connectivity index (χ0v) is 17.0. The van der Waals surface area contributed by atoms with Gasteiger partial charge in [0.1, 0.15) is 18.1 Å². The van der Waals surface area contributed by atoms with Gasteiger partial charge in [0.05, 0.1) is 12.5 Å². The van der Waals surface area contributed by atoms with E-state index < -0.39 is 72.6 Å². The summed E-state index contributed by atoms with van der Waals surface area (Å²) in [7, 11) is 0. The molecular formula is C17H29N5O8. The van der Waals surface area contributed by atoms with E-state index >= 15 is 0 Å². The van der Waals surface area contributed by atoms with Crippen molar-refractivity contribution in [1.29, 1.82) is 0 Å². The van der Waals surface area contributed by atoms with Crippen molar-refractivity contribution >= 4 is 35.6 Å². The van der Waals surface area contributed by atoms with Crippen LogP contribution in [-0.4, -0.2) is 69.9 Å². The molecule has 0 saturated heterocycles. The third-order valence-corrected chi connectivity index (χ3v) is 4.07. The molecule has 30 heavy (non-hydrogen) atoms. The molecule has 0 bridgehead atoms. The van der Waals surface area contributed by atoms with Crippen LogP contribution in [0.5, 0.6) is 0 Å². The van der Waals surface area contributed by atoms with Crippen LogP contribution in [0, 0.1) is 5.92 Å². The van der Waals surface area contributed by atoms with Crippen LogP contribution in [0.2, 0.25) is 0 Å². The summed E-state index contributed by atoms with van der Waals surface area (Å²) >= 11 is 0. The number of nitrogens with one attached hydrogen (secondary N) is 3. The maximum atomic E-state index is 12.6. The monoisotopic (exact) mass is 431 g/mol. The molecule has 0 saturated carbocycles. The maximum absolute atomic E-state index is 12.6. The molecule has 13 heteroatoms. The van der Waals surface area contributed by atoms with Crippen molar-refractivity contribution in [3.8, 4) is 0 Å². The van der Waals surface area contributed by atoms with Gasteiger partial charge in [0.2, 0.25) is 23.6 Å². The highest BCUT2D eigenvalue weighted by atomic mass is 16.4. The molecule has 0 aromatic heterocycles. The molecule has 0 radical (unpaired) electrons. The van der Waals surface area contributed by atoms with E-state index in [4.69, 9.17) is 21.7 Å². The molecule has 0 aliphatic rings. The smallest absolute Gasteiger partial charge is 0.325 e. The number of hydrogen-bond acceptors (Lipinski definition) is 7. The molecule has 0 aliphatic heterocycles. The first-order valence-corrected chi connectivity index (χ1v) is 9.15. The Bertz CT molecular complexity index is 681. The van der Waals surface area contributed by atoms with Crippen molar-refractivity contribution in [3.05, 3.63) is 0 Å². The number of carbonyl (C=O) groups excluding carboxylic acids is 4. The van der Waals surface area contributed by atoms with E-state index in [9.17, 15) is 28.8 Å². The minimum atomic E-state index is -1.53. The molecule has 0 spiro atoms. The minimum absolute atomic E-state index is 0.265. The van der Waals surface area contributed by atoms with Crippen LogP contribution < -0.4 is 27.4 Å². The molecule has 0 heterocycles. The number of nitrogens with two attached hydrogens (primary N) is 2. The van der Waals surface area contributed by atoms with Crippen molar-refractivity contribution in [1.82, 2.24) is 16.0 Å². The Balaban J connectivity index is 5.44. The number of amides is 4. The van der Waals surface area contributed by atoms with Crippen LogP contribution >= 0.6 is 0 Å². The zero-order valence-electron chi connectivity index (χ0n) is 17.0. The van der Waals surface area contributed by atoms with Crippen LogP contribution in [0.25, 0.3) is 0 Å². The third-order valence-electron chi connectivity index (χ3n) is 4.07. The van der Waals surface area contributed by atoms with E-state index in [1.807, 2.05) is 0 Å². The van der Waals surface area contributed by atoms with Gasteiger partial charge in [-0.1, -0.05) is 13.8 Å². The van der Waals surface area contributed by atoms with Crippen LogP contribution in [0.15, 0.2) is 0 Å². The van der Waals surface area contributed by atoms with Crippen LogP contribution in [0.1, 0.15) is 40.0 Å². The van der Waals surface area contributed by atoms with Crippen molar-refractivity contribution in [2.24, 2.45) is 17.4 Å². The van der Waals surface area contributed by atoms with E-state index in [-0.39, 0.29) is 12.3 Å². The largest absolute Gasteiger partial charge is 0.481 e. The lowest BCUT2D eigenvalue weighted by Crippen LogP contribution is -2.58. The molecule has 4 amide bonds. The van der Waals surface area contributed by atoms with Gasteiger partial charge in [-0.3, -0.25) is 28.8 Å². The molecule has 13 nitrogen and oxygen atoms in total. The number of aliphatic carboxylic acids is 2. The molecular weight excluding hydrogens is 402 g/mol. The highest BCUT2D eigenvalue weighted by Crippen LogP contribution is 2.04. The summed E-state index contributed by atoms with van der Waals surface area (Å²) in [4.78, 5) is 70.0. The molecule has 4 unspecified atom stereocenters. The topological polar surface area (TPSA) is 231 Å². The number of primary amides is 1. The minimum Gasteiger partial charge on any atom is -0.481 e. The lowest BCUT2D eigenvalue weighted by atomic mass is 10.0. The van der Waals surface area contributed by atoms with Gasteiger partial charge in [-0.25, -0.2) is 0 Å². The Morgan fingerprint density at radius 2 is 1.33 bits per heavy atom. The highest BCUT2D eigenvalue weighted by Gasteiger charge is 2.31. The SMILES string of the molecule is CC(NC(=O)C(CC(N)=O)NC(=O)C(CCC(=O)O)NC(=O)C(N)C(C)C)C(=O)O. The average molecular weight is 431 g/mol. The van der Waals surface area contributed by atoms with Crippen molar-refractivity contribution < 1.29 is 39.0 Å². The summed E-state index contributed by atoms with van der Waals surface area (Å²) in [6, 6.07) is -5.17. The number of carboxylic acids is 2. The van der Waals surface area contributed by atoms with Gasteiger partial charge in [-0.2, -0.15) is 0 Å². The fraction of sp³-hybridized carbons (Fsp3) is 0.647. The van der Waals surface area contributed by atoms with Gasteiger partial charge in [0.25, 0.3) is 0 Å². The van der Waals surface area contributed by atoms with Gasteiger partial charge in [-0.15, -0.1) is 0 Å². The van der Waals surface area contributed by atoms with Crippen molar-refractivity contribution in [2.45, 2.75) is 64.2 Å². The van der Waals surface area contributed by atoms with E-state index in [1.165, 1.54) is 6.92 Å². The Kier molecular flexibility index (Phi) is 11.0. The Labute approximate surface area is 172 Å². The summed E-state index contributed by atoms with van der Waals surface area (Å²) in [5.74, 6) is -6.43. The first-order valence-electron chi connectivity index (χ1n) is 9.15. The highest BCUT2D eigenvalue weighted by molar-refractivity contribution is 5.96. The fourth-order valence-electron chi connectivity index (χ4n) is 2.17. The van der Waals surface area contributed by atoms with Crippen LogP contribution in [0.3, 0.4) is 0 Å². The van der Waals surface area contributed by atoms with E-state index in [2.05, 4.69) is 16.0 Å². The summed E-state index contributed by atoms with van der Waals surface area (Å²) in [6.45, 7) is 4.52. The van der Waals surface area contributed by atoms with E-state index in [0.29, 0.717) is 0 Å². The van der Waals surface area contributed by atoms with E-state index in [1.54, 1.807) is 13.8 Å². The molecule has 0 rings (SSSR count). The second-order valence-corrected chi connectivity index (χ2v) is 7.06. The predicted octanol–water partition coefficient (Wildman–Crippen LogP) is -2.73. The fourth-order valence-corrected chi connectivity index (χ4v) is 2.17. The first kappa shape index (κ1) is 26.8. The summed E-state index contributed by atoms with van der Waals surface area (Å²) in [5, 5.41) is 24.4. The molecule has 4 atom stereocenters. The predicted molar refractivity (Wildman–Crippen MR) is 103 cm³/mol. The summed E-state index contributed by atoms with van der Waals surface area (Å²) < 4.78 is 0. The molecule has 0 fully saturated rings. The standard InChI is InChI=1S/C17H29N5O8/c1-7(2)13(19)16(28)21-9(4-5-12(24)25)14(26)22-10(6-11(18)23)15(27)20-8(3)17(29)30/h7-10,13H,4-6,19H2,1-3H3,(H2,18,23)(H,20,27)(H,21,28)(H,22,26)(H,24,25)(H,29,30). The van der Waals surface area contributed by atoms with E-state index in [0.717, 1.165) is 0 Å². The summed E-state index contributed by atoms with van der Waals surface area (Å²) in [6.07, 6.45) is -1.43. The molecule has 0 aliphatic carbocycles. The zero-order chi connectivity index (χ0) is 23.6. The van der Waals surface area contributed by atoms with Crippen LogP contribution in [-0.2, 0) is 28.8 Å². The van der Waals surface area contributed by atoms with Gasteiger partial charge >= 0.3 is 11.9 Å². The molecule has 0 aromatic rings. The molecule has 0 aromatic carbocycles. The quantitative estimate of drug-likeness (QED) is 0.160.